The van der Waals surface area contributed by atoms with Gasteiger partial charge in [0.25, 0.3) is 10.1 Å². The minimum absolute atomic E-state index is 0.0371. The summed E-state index contributed by atoms with van der Waals surface area (Å²) in [6.07, 6.45) is 0.525. The molecule has 142 valence electrons. The van der Waals surface area contributed by atoms with Crippen LogP contribution < -0.4 is 14.8 Å². The van der Waals surface area contributed by atoms with Gasteiger partial charge in [-0.1, -0.05) is 18.2 Å². The molecule has 0 heterocycles. The van der Waals surface area contributed by atoms with Crippen LogP contribution in [0.4, 0.5) is 0 Å². The van der Waals surface area contributed by atoms with Crippen LogP contribution in [-0.2, 0) is 16.5 Å². The van der Waals surface area contributed by atoms with Gasteiger partial charge in [-0.05, 0) is 43.2 Å². The van der Waals surface area contributed by atoms with Crippen LogP contribution in [0.2, 0.25) is 0 Å². The third kappa shape index (κ3) is 5.62. The van der Waals surface area contributed by atoms with Crippen molar-refractivity contribution in [1.29, 1.82) is 0 Å². The molecule has 26 heavy (non-hydrogen) atoms. The van der Waals surface area contributed by atoms with Crippen LogP contribution in [-0.4, -0.2) is 44.4 Å². The predicted octanol–water partition coefficient (Wildman–Crippen LogP) is 2.25. The first-order chi connectivity index (χ1) is 12.3. The van der Waals surface area contributed by atoms with E-state index in [4.69, 9.17) is 14.0 Å². The normalized spacial score (nSPS) is 12.6. The lowest BCUT2D eigenvalue weighted by Gasteiger charge is -2.16. The van der Waals surface area contributed by atoms with E-state index in [0.29, 0.717) is 36.6 Å². The largest absolute Gasteiger partial charge is 0.506 e. The molecule has 0 fully saturated rings. The monoisotopic (exact) mass is 381 g/mol. The van der Waals surface area contributed by atoms with Gasteiger partial charge in [0.2, 0.25) is 0 Å². The molecule has 1 atom stereocenters. The topological polar surface area (TPSA) is 105 Å². The number of phenolic OH excluding ortho intramolecular Hbond substituents is 1. The van der Waals surface area contributed by atoms with E-state index >= 15 is 0 Å². The van der Waals surface area contributed by atoms with Crippen LogP contribution in [0.3, 0.4) is 0 Å². The predicted molar refractivity (Wildman–Crippen MR) is 97.6 cm³/mol. The van der Waals surface area contributed by atoms with E-state index in [0.717, 1.165) is 0 Å². The number of hydrogen-bond acceptors (Lipinski definition) is 6. The summed E-state index contributed by atoms with van der Waals surface area (Å²) in [7, 11) is -2.87. The zero-order chi connectivity index (χ0) is 19.2. The zero-order valence-electron chi connectivity index (χ0n) is 14.7. The molecule has 2 aromatic carbocycles. The number of rotatable bonds is 9. The Bertz CT molecular complexity index is 837. The molecule has 0 aromatic heterocycles. The lowest BCUT2D eigenvalue weighted by molar-refractivity contribution is 0.287. The Morgan fingerprint density at radius 3 is 2.50 bits per heavy atom. The van der Waals surface area contributed by atoms with Gasteiger partial charge in [0, 0.05) is 12.6 Å². The second-order valence-electron chi connectivity index (χ2n) is 5.84. The van der Waals surface area contributed by atoms with Gasteiger partial charge >= 0.3 is 0 Å². The number of phenols is 1. The maximum Gasteiger partial charge on any atom is 0.298 e. The van der Waals surface area contributed by atoms with Gasteiger partial charge in [-0.2, -0.15) is 8.42 Å². The molecule has 0 aliphatic carbocycles. The van der Waals surface area contributed by atoms with Crippen molar-refractivity contribution in [1.82, 2.24) is 5.32 Å². The molecule has 0 saturated carbocycles. The Morgan fingerprint density at radius 1 is 1.15 bits per heavy atom. The lowest BCUT2D eigenvalue weighted by Crippen LogP contribution is -2.31. The molecule has 8 heteroatoms. The van der Waals surface area contributed by atoms with E-state index in [9.17, 15) is 13.5 Å². The van der Waals surface area contributed by atoms with Crippen molar-refractivity contribution in [2.24, 2.45) is 0 Å². The van der Waals surface area contributed by atoms with Crippen molar-refractivity contribution in [2.75, 3.05) is 20.3 Å². The van der Waals surface area contributed by atoms with Crippen molar-refractivity contribution < 1.29 is 27.6 Å². The van der Waals surface area contributed by atoms with E-state index < -0.39 is 20.8 Å². The van der Waals surface area contributed by atoms with E-state index in [2.05, 4.69) is 5.32 Å². The SMILES string of the molecule is COc1ccccc1OCCNC(C)Cc1ccc(O)c(S(=O)(=O)O)c1. The van der Waals surface area contributed by atoms with E-state index in [1.807, 2.05) is 31.2 Å². The van der Waals surface area contributed by atoms with Gasteiger partial charge in [0.15, 0.2) is 11.5 Å². The highest BCUT2D eigenvalue weighted by atomic mass is 32.2. The molecule has 0 radical (unpaired) electrons. The molecule has 2 rings (SSSR count). The van der Waals surface area contributed by atoms with Gasteiger partial charge in [-0.3, -0.25) is 4.55 Å². The quantitative estimate of drug-likeness (QED) is 0.452. The fourth-order valence-corrected chi connectivity index (χ4v) is 3.15. The maximum atomic E-state index is 11.2. The number of nitrogens with one attached hydrogen (secondary N) is 1. The number of hydrogen-bond donors (Lipinski definition) is 3. The molecular weight excluding hydrogens is 358 g/mol. The first kappa shape index (κ1) is 20.0. The molecule has 0 amide bonds. The van der Waals surface area contributed by atoms with Crippen LogP contribution in [0, 0.1) is 0 Å². The molecule has 0 saturated heterocycles. The minimum atomic E-state index is -4.45. The van der Waals surface area contributed by atoms with Crippen LogP contribution in [0.15, 0.2) is 47.4 Å². The fraction of sp³-hybridized carbons (Fsp3) is 0.333. The third-order valence-electron chi connectivity index (χ3n) is 3.77. The number of ether oxygens (including phenoxy) is 2. The summed E-state index contributed by atoms with van der Waals surface area (Å²) in [6, 6.07) is 11.6. The van der Waals surface area contributed by atoms with E-state index in [1.54, 1.807) is 13.2 Å². The number of aromatic hydroxyl groups is 1. The highest BCUT2D eigenvalue weighted by Gasteiger charge is 2.16. The summed E-state index contributed by atoms with van der Waals surface area (Å²) >= 11 is 0. The van der Waals surface area contributed by atoms with Gasteiger partial charge in [-0.15, -0.1) is 0 Å². The van der Waals surface area contributed by atoms with Crippen molar-refractivity contribution in [3.63, 3.8) is 0 Å². The Balaban J connectivity index is 1.85. The van der Waals surface area contributed by atoms with E-state index in [1.165, 1.54) is 12.1 Å². The Labute approximate surface area is 153 Å². The second-order valence-corrected chi connectivity index (χ2v) is 7.23. The van der Waals surface area contributed by atoms with Crippen molar-refractivity contribution in [3.05, 3.63) is 48.0 Å². The number of para-hydroxylation sites is 2. The van der Waals surface area contributed by atoms with Crippen molar-refractivity contribution in [3.8, 4) is 17.2 Å². The summed E-state index contributed by atoms with van der Waals surface area (Å²) in [6.45, 7) is 2.97. The van der Waals surface area contributed by atoms with Crippen LogP contribution in [0.5, 0.6) is 17.2 Å². The number of benzene rings is 2. The lowest BCUT2D eigenvalue weighted by atomic mass is 10.1. The second kappa shape index (κ2) is 8.88. The molecular formula is C18H23NO6S. The fourth-order valence-electron chi connectivity index (χ4n) is 2.52. The van der Waals surface area contributed by atoms with Gasteiger partial charge in [-0.25, -0.2) is 0 Å². The average molecular weight is 381 g/mol. The maximum absolute atomic E-state index is 11.2. The van der Waals surface area contributed by atoms with Crippen LogP contribution in [0.1, 0.15) is 12.5 Å². The first-order valence-electron chi connectivity index (χ1n) is 8.10. The number of methoxy groups -OCH3 is 1. The average Bonchev–Trinajstić information content (AvgIpc) is 2.59. The smallest absolute Gasteiger partial charge is 0.298 e. The summed E-state index contributed by atoms with van der Waals surface area (Å²) in [5.74, 6) is 0.866. The van der Waals surface area contributed by atoms with Gasteiger partial charge in [0.1, 0.15) is 17.3 Å². The molecule has 7 nitrogen and oxygen atoms in total. The standard InChI is InChI=1S/C18H23NO6S/c1-13(11-14-7-8-15(20)18(12-14)26(21,22)23)19-9-10-25-17-6-4-3-5-16(17)24-2/h3-8,12-13,19-20H,9-11H2,1-2H3,(H,21,22,23). The Hall–Kier alpha value is -2.29. The molecule has 2 aromatic rings. The van der Waals surface area contributed by atoms with Crippen LogP contribution >= 0.6 is 0 Å². The summed E-state index contributed by atoms with van der Waals surface area (Å²) in [5.41, 5.74) is 0.682. The molecule has 0 spiro atoms. The molecule has 0 aliphatic heterocycles. The molecule has 0 bridgehead atoms. The summed E-state index contributed by atoms with van der Waals surface area (Å²) in [4.78, 5) is -0.485. The van der Waals surface area contributed by atoms with Crippen molar-refractivity contribution in [2.45, 2.75) is 24.3 Å². The van der Waals surface area contributed by atoms with Gasteiger partial charge < -0.3 is 19.9 Å². The third-order valence-corrected chi connectivity index (χ3v) is 4.65. The molecule has 0 aliphatic rings. The van der Waals surface area contributed by atoms with Gasteiger partial charge in [0.05, 0.1) is 7.11 Å². The Kier molecular flexibility index (Phi) is 6.84. The highest BCUT2D eigenvalue weighted by molar-refractivity contribution is 7.86. The highest BCUT2D eigenvalue weighted by Crippen LogP contribution is 2.25. The molecule has 3 N–H and O–H groups in total. The molecule has 1 unspecified atom stereocenters. The first-order valence-corrected chi connectivity index (χ1v) is 9.54. The van der Waals surface area contributed by atoms with E-state index in [-0.39, 0.29) is 6.04 Å². The minimum Gasteiger partial charge on any atom is -0.506 e. The van der Waals surface area contributed by atoms with Crippen LogP contribution in [0.25, 0.3) is 0 Å². The Morgan fingerprint density at radius 2 is 1.85 bits per heavy atom. The summed E-state index contributed by atoms with van der Waals surface area (Å²) < 4.78 is 42.5. The van der Waals surface area contributed by atoms with Crippen molar-refractivity contribution >= 4 is 10.1 Å². The summed E-state index contributed by atoms with van der Waals surface area (Å²) in [5, 5.41) is 12.8. The zero-order valence-corrected chi connectivity index (χ0v) is 15.5.